The van der Waals surface area contributed by atoms with Crippen molar-refractivity contribution in [1.29, 1.82) is 0 Å². The fraction of sp³-hybridized carbons (Fsp3) is 0.513. The Balaban J connectivity index is 1.13. The van der Waals surface area contributed by atoms with Crippen LogP contribution in [-0.4, -0.2) is 102 Å². The number of sulfonamides is 1. The number of carbonyl (C=O) groups excluding carboxylic acids is 2. The number of likely N-dealkylation sites (N-methyl/N-ethyl adjacent to an activating group) is 1. The van der Waals surface area contributed by atoms with E-state index in [1.807, 2.05) is 0 Å². The molecule has 1 N–H and O–H groups in total. The summed E-state index contributed by atoms with van der Waals surface area (Å²) in [6.07, 6.45) is 5.06. The van der Waals surface area contributed by atoms with Crippen molar-refractivity contribution in [2.75, 3.05) is 70.1 Å². The molecule has 1 atom stereocenters. The van der Waals surface area contributed by atoms with Crippen molar-refractivity contribution < 1.29 is 55.2 Å². The number of rotatable bonds is 21. The van der Waals surface area contributed by atoms with E-state index in [0.29, 0.717) is 30.2 Å². The Kier molecular flexibility index (Phi) is 14.8. The summed E-state index contributed by atoms with van der Waals surface area (Å²) >= 11 is 12.7. The fourth-order valence-corrected chi connectivity index (χ4v) is 7.89. The molecule has 0 spiro atoms. The van der Waals surface area contributed by atoms with Crippen LogP contribution in [0.15, 0.2) is 48.8 Å². The van der Waals surface area contributed by atoms with Gasteiger partial charge in [-0.15, -0.1) is 0 Å². The first-order valence-corrected chi connectivity index (χ1v) is 21.4. The van der Waals surface area contributed by atoms with E-state index in [9.17, 15) is 32.0 Å². The van der Waals surface area contributed by atoms with Gasteiger partial charge in [-0.05, 0) is 93.4 Å². The average Bonchev–Trinajstić information content (AvgIpc) is 4.11. The third-order valence-electron chi connectivity index (χ3n) is 9.91. The van der Waals surface area contributed by atoms with Crippen molar-refractivity contribution in [2.24, 2.45) is 11.8 Å². The van der Waals surface area contributed by atoms with Gasteiger partial charge in [0.25, 0.3) is 0 Å². The van der Waals surface area contributed by atoms with E-state index >= 15 is 0 Å². The highest BCUT2D eigenvalue weighted by atomic mass is 35.5. The van der Waals surface area contributed by atoms with Gasteiger partial charge in [0, 0.05) is 38.2 Å². The Labute approximate surface area is 345 Å². The highest BCUT2D eigenvalue weighted by Crippen LogP contribution is 2.38. The fourth-order valence-electron chi connectivity index (χ4n) is 6.18. The molecule has 3 fully saturated rings. The minimum absolute atomic E-state index is 0.00377. The molecule has 14 nitrogen and oxygen atoms in total. The van der Waals surface area contributed by atoms with Gasteiger partial charge < -0.3 is 38.7 Å². The molecule has 2 saturated carbocycles. The molecule has 2 heterocycles. The lowest BCUT2D eigenvalue weighted by molar-refractivity contribution is -0.605. The first kappa shape index (κ1) is 43.4. The van der Waals surface area contributed by atoms with E-state index in [-0.39, 0.29) is 74.4 Å². The largest absolute Gasteiger partial charge is 0.619 e. The van der Waals surface area contributed by atoms with Gasteiger partial charge in [0.2, 0.25) is 10.0 Å². The number of esters is 2. The van der Waals surface area contributed by atoms with Gasteiger partial charge in [-0.3, -0.25) is 4.72 Å². The van der Waals surface area contributed by atoms with Crippen LogP contribution in [0, 0.1) is 17.0 Å². The van der Waals surface area contributed by atoms with Crippen LogP contribution < -0.4 is 23.7 Å². The predicted molar refractivity (Wildman–Crippen MR) is 210 cm³/mol. The van der Waals surface area contributed by atoms with E-state index in [2.05, 4.69) is 26.3 Å². The van der Waals surface area contributed by atoms with Gasteiger partial charge in [-0.2, -0.15) is 13.5 Å². The van der Waals surface area contributed by atoms with E-state index < -0.39 is 41.3 Å². The number of carbonyl (C=O) groups is 2. The first-order chi connectivity index (χ1) is 27.7. The van der Waals surface area contributed by atoms with Gasteiger partial charge in [0.15, 0.2) is 30.5 Å². The second-order valence-electron chi connectivity index (χ2n) is 14.8. The molecule has 0 radical (unpaired) electrons. The molecule has 58 heavy (non-hydrogen) atoms. The summed E-state index contributed by atoms with van der Waals surface area (Å²) in [4.78, 5) is 31.0. The third-order valence-corrected chi connectivity index (χ3v) is 11.9. The highest BCUT2D eigenvalue weighted by molar-refractivity contribution is 7.92. The maximum absolute atomic E-state index is 13.3. The first-order valence-electron chi connectivity index (χ1n) is 19.0. The number of alkyl halides is 2. The van der Waals surface area contributed by atoms with Gasteiger partial charge >= 0.3 is 18.6 Å². The number of aromatic nitrogens is 1. The van der Waals surface area contributed by atoms with Crippen LogP contribution in [0.1, 0.15) is 59.7 Å². The molecule has 19 heteroatoms. The quantitative estimate of drug-likeness (QED) is 0.0773. The summed E-state index contributed by atoms with van der Waals surface area (Å²) in [6, 6.07) is 8.18. The number of hydrogen-bond donors (Lipinski definition) is 1. The van der Waals surface area contributed by atoms with Crippen molar-refractivity contribution in [1.82, 2.24) is 9.80 Å². The SMILES string of the molecule is CN1CCN(CCCS(=O)(=O)Nc2ccc(C(=O)OCC(=O)O[C@@H](Cc3c(Cl)c[n+]([O-])cc3Cl)c3ccc(OC(F)F)c(OCC4CC4)c3)cc2OCC2CC2)CC1. The normalized spacial score (nSPS) is 16.8. The molecule has 0 unspecified atom stereocenters. The topological polar surface area (TPSA) is 160 Å². The minimum Gasteiger partial charge on any atom is -0.619 e. The zero-order chi connectivity index (χ0) is 41.4. The minimum atomic E-state index is -3.75. The molecule has 1 saturated heterocycles. The molecule has 0 amide bonds. The van der Waals surface area contributed by atoms with Crippen molar-refractivity contribution in [3.63, 3.8) is 0 Å². The summed E-state index contributed by atoms with van der Waals surface area (Å²) in [5, 5.41) is 11.9. The Morgan fingerprint density at radius 1 is 0.931 bits per heavy atom. The summed E-state index contributed by atoms with van der Waals surface area (Å²) in [5.74, 6) is -1.49. The molecule has 6 rings (SSSR count). The smallest absolute Gasteiger partial charge is 0.387 e. The third kappa shape index (κ3) is 13.2. The van der Waals surface area contributed by atoms with Gasteiger partial charge in [-0.1, -0.05) is 29.3 Å². The van der Waals surface area contributed by atoms with Crippen LogP contribution in [-0.2, 0) is 30.7 Å². The van der Waals surface area contributed by atoms with E-state index in [0.717, 1.165) is 64.3 Å². The van der Waals surface area contributed by atoms with Crippen LogP contribution in [0.2, 0.25) is 10.0 Å². The van der Waals surface area contributed by atoms with Gasteiger partial charge in [-0.25, -0.2) is 18.0 Å². The molecule has 0 bridgehead atoms. The van der Waals surface area contributed by atoms with Crippen LogP contribution in [0.3, 0.4) is 0 Å². The standard InChI is InChI=1S/C39H46Cl2F2N4O10S/c1-45-12-14-46(15-13-45)11-2-16-58(51,52)44-32-9-7-28(18-35(32)53-22-25-3-4-25)38(49)55-24-37(48)56-34(19-29-30(40)20-47(50)21-31(29)41)27-8-10-33(57-39(42)43)36(17-27)54-23-26-5-6-26/h7-10,17-18,20-21,25-26,34,39,44H,2-6,11-16,19,22-24H2,1H3/t34-/m0/s1. The number of anilines is 1. The molecule has 2 aromatic carbocycles. The molecule has 316 valence electrons. The molecule has 1 aromatic heterocycles. The number of nitrogens with one attached hydrogen (secondary N) is 1. The number of piperazine rings is 1. The summed E-state index contributed by atoms with van der Waals surface area (Å²) in [7, 11) is -1.70. The number of pyridine rings is 1. The Hall–Kier alpha value is -4.16. The highest BCUT2D eigenvalue weighted by Gasteiger charge is 2.28. The molecule has 3 aromatic rings. The second kappa shape index (κ2) is 19.7. The average molecular weight is 872 g/mol. The Bertz CT molecular complexity index is 2010. The van der Waals surface area contributed by atoms with Crippen LogP contribution in [0.4, 0.5) is 14.5 Å². The van der Waals surface area contributed by atoms with E-state index in [1.165, 1.54) is 36.4 Å². The maximum atomic E-state index is 13.3. The lowest BCUT2D eigenvalue weighted by Gasteiger charge is -2.32. The lowest BCUT2D eigenvalue weighted by Crippen LogP contribution is -2.45. The summed E-state index contributed by atoms with van der Waals surface area (Å²) in [6.45, 7) is 0.907. The number of halogens is 4. The summed E-state index contributed by atoms with van der Waals surface area (Å²) in [5.41, 5.74) is 0.704. The maximum Gasteiger partial charge on any atom is 0.387 e. The number of hydrogen-bond acceptors (Lipinski definition) is 12. The van der Waals surface area contributed by atoms with Gasteiger partial charge in [0.05, 0.1) is 30.2 Å². The van der Waals surface area contributed by atoms with Crippen LogP contribution in [0.5, 0.6) is 17.2 Å². The van der Waals surface area contributed by atoms with Crippen molar-refractivity contribution in [2.45, 2.75) is 51.2 Å². The number of nitrogens with zero attached hydrogens (tertiary/aromatic N) is 3. The Morgan fingerprint density at radius 3 is 2.22 bits per heavy atom. The van der Waals surface area contributed by atoms with Crippen molar-refractivity contribution >= 4 is 50.9 Å². The molecule has 2 aliphatic carbocycles. The molecule has 1 aliphatic heterocycles. The number of benzene rings is 2. The zero-order valence-electron chi connectivity index (χ0n) is 31.9. The molecular formula is C39H46Cl2F2N4O10S. The van der Waals surface area contributed by atoms with Crippen LogP contribution in [0.25, 0.3) is 0 Å². The van der Waals surface area contributed by atoms with Gasteiger partial charge in [0.1, 0.15) is 21.9 Å². The lowest BCUT2D eigenvalue weighted by atomic mass is 10.0. The predicted octanol–water partition coefficient (Wildman–Crippen LogP) is 5.87. The monoisotopic (exact) mass is 870 g/mol. The second-order valence-corrected chi connectivity index (χ2v) is 17.4. The zero-order valence-corrected chi connectivity index (χ0v) is 34.2. The Morgan fingerprint density at radius 2 is 1.59 bits per heavy atom. The van der Waals surface area contributed by atoms with Crippen molar-refractivity contribution in [3.8, 4) is 17.2 Å². The molecule has 3 aliphatic rings. The van der Waals surface area contributed by atoms with Crippen LogP contribution >= 0.6 is 23.2 Å². The van der Waals surface area contributed by atoms with E-state index in [4.69, 9.17) is 42.1 Å². The summed E-state index contributed by atoms with van der Waals surface area (Å²) < 4.78 is 83.1. The number of ether oxygens (including phenoxy) is 5. The van der Waals surface area contributed by atoms with E-state index in [1.54, 1.807) is 0 Å². The van der Waals surface area contributed by atoms with Crippen molar-refractivity contribution in [3.05, 3.63) is 80.7 Å². The molecular weight excluding hydrogens is 825 g/mol.